The molecule has 49 heavy (non-hydrogen) atoms. The lowest BCUT2D eigenvalue weighted by molar-refractivity contribution is -0.131. The first-order valence-electron chi connectivity index (χ1n) is 18.7. The summed E-state index contributed by atoms with van der Waals surface area (Å²) in [5.41, 5.74) is 1.85. The van der Waals surface area contributed by atoms with Gasteiger partial charge in [0.25, 0.3) is 0 Å². The zero-order chi connectivity index (χ0) is 36.0. The molecule has 3 fully saturated rings. The Hall–Kier alpha value is -3.01. The molecule has 0 radical (unpaired) electrons. The van der Waals surface area contributed by atoms with Crippen molar-refractivity contribution in [3.63, 3.8) is 0 Å². The number of rotatable bonds is 14. The second kappa shape index (κ2) is 19.4. The Morgan fingerprint density at radius 1 is 1.08 bits per heavy atom. The first-order chi connectivity index (χ1) is 23.3. The van der Waals surface area contributed by atoms with Crippen LogP contribution in [0.15, 0.2) is 47.2 Å². The van der Waals surface area contributed by atoms with Gasteiger partial charge in [-0.05, 0) is 115 Å². The number of carbonyl (C=O) groups excluding carboxylic acids is 1. The SMILES string of the molecule is C=C(NCC1(CN2CCCCCC2=O)CC1)/C(=C\N=C(C)Nc1ccc(N2CCC(C)CC2)cc1CC)C(F)(F)F.CCCN(C)CCC. The Balaban J connectivity index is 0.000000723. The van der Waals surface area contributed by atoms with Crippen LogP contribution in [0.5, 0.6) is 0 Å². The molecule has 0 unspecified atom stereocenters. The van der Waals surface area contributed by atoms with Gasteiger partial charge in [0, 0.05) is 67.8 Å². The molecule has 0 aromatic heterocycles. The van der Waals surface area contributed by atoms with Gasteiger partial charge < -0.3 is 25.3 Å². The van der Waals surface area contributed by atoms with Crippen LogP contribution < -0.4 is 15.5 Å². The zero-order valence-electron chi connectivity index (χ0n) is 31.2. The van der Waals surface area contributed by atoms with E-state index in [4.69, 9.17) is 0 Å². The number of benzene rings is 1. The summed E-state index contributed by atoms with van der Waals surface area (Å²) in [6, 6.07) is 6.23. The Bertz CT molecular complexity index is 1260. The third-order valence-electron chi connectivity index (χ3n) is 9.99. The van der Waals surface area contributed by atoms with Crippen molar-refractivity contribution >= 4 is 23.1 Å². The van der Waals surface area contributed by atoms with Gasteiger partial charge in [-0.3, -0.25) is 4.79 Å². The monoisotopic (exact) mass is 689 g/mol. The number of nitrogens with one attached hydrogen (secondary N) is 2. The van der Waals surface area contributed by atoms with E-state index >= 15 is 0 Å². The second-order valence-electron chi connectivity index (χ2n) is 14.5. The molecule has 276 valence electrons. The normalized spacial score (nSPS) is 18.9. The van der Waals surface area contributed by atoms with Crippen LogP contribution in [0.4, 0.5) is 24.5 Å². The number of nitrogens with zero attached hydrogens (tertiary/aromatic N) is 4. The number of halogens is 3. The number of amidine groups is 1. The summed E-state index contributed by atoms with van der Waals surface area (Å²) < 4.78 is 42.0. The van der Waals surface area contributed by atoms with Crippen LogP contribution in [0.2, 0.25) is 0 Å². The minimum absolute atomic E-state index is 0.155. The summed E-state index contributed by atoms with van der Waals surface area (Å²) in [5.74, 6) is 1.28. The fourth-order valence-corrected chi connectivity index (χ4v) is 6.61. The Kier molecular flexibility index (Phi) is 16.0. The lowest BCUT2D eigenvalue weighted by Gasteiger charge is -2.32. The molecule has 10 heteroatoms. The molecule has 2 saturated heterocycles. The molecule has 2 N–H and O–H groups in total. The summed E-state index contributed by atoms with van der Waals surface area (Å²) in [6.45, 7) is 20.4. The van der Waals surface area contributed by atoms with Gasteiger partial charge in [0.2, 0.25) is 5.91 Å². The number of aryl methyl sites for hydroxylation is 1. The highest BCUT2D eigenvalue weighted by atomic mass is 19.4. The van der Waals surface area contributed by atoms with Crippen molar-refractivity contribution < 1.29 is 18.0 Å². The average molecular weight is 689 g/mol. The topological polar surface area (TPSA) is 63.2 Å². The minimum atomic E-state index is -4.60. The van der Waals surface area contributed by atoms with E-state index in [0.29, 0.717) is 25.3 Å². The number of amides is 1. The maximum atomic E-state index is 14.0. The highest BCUT2D eigenvalue weighted by Gasteiger charge is 2.45. The van der Waals surface area contributed by atoms with Gasteiger partial charge in [-0.15, -0.1) is 0 Å². The summed E-state index contributed by atoms with van der Waals surface area (Å²) in [6.07, 6.45) is 7.23. The number of aliphatic imine (C=N–C) groups is 1. The molecule has 2 heterocycles. The van der Waals surface area contributed by atoms with Crippen molar-refractivity contribution in [3.8, 4) is 0 Å². The first-order valence-corrected chi connectivity index (χ1v) is 18.7. The van der Waals surface area contributed by atoms with Gasteiger partial charge in [0.1, 0.15) is 5.84 Å². The molecule has 0 bridgehead atoms. The van der Waals surface area contributed by atoms with E-state index < -0.39 is 11.7 Å². The predicted octanol–water partition coefficient (Wildman–Crippen LogP) is 8.79. The Labute approximate surface area is 294 Å². The van der Waals surface area contributed by atoms with Crippen LogP contribution in [-0.2, 0) is 11.2 Å². The molecular weight excluding hydrogens is 625 g/mol. The highest BCUT2D eigenvalue weighted by molar-refractivity contribution is 5.95. The van der Waals surface area contributed by atoms with Crippen molar-refractivity contribution in [1.82, 2.24) is 15.1 Å². The van der Waals surface area contributed by atoms with E-state index in [1.807, 2.05) is 11.0 Å². The van der Waals surface area contributed by atoms with Crippen LogP contribution >= 0.6 is 0 Å². The maximum absolute atomic E-state index is 14.0. The van der Waals surface area contributed by atoms with Crippen molar-refractivity contribution in [2.24, 2.45) is 16.3 Å². The van der Waals surface area contributed by atoms with Crippen LogP contribution in [0.1, 0.15) is 104 Å². The standard InChI is InChI=1S/C32H46F3N5O.C7H17N/c1-5-26-19-27(39-17-12-23(2)13-18-39)10-11-29(26)38-25(4)36-20-28(32(33,34)35)24(3)37-21-31(14-15-31)22-40-16-8-6-7-9-30(40)41;1-4-6-8(3)7-5-2/h10-11,19-20,23,37H,3,5-9,12-18,21-22H2,1-2,4H3,(H,36,38);4-7H2,1-3H3/b28-20+;. The summed E-state index contributed by atoms with van der Waals surface area (Å²) >= 11 is 0. The summed E-state index contributed by atoms with van der Waals surface area (Å²) in [4.78, 5) is 23.2. The summed E-state index contributed by atoms with van der Waals surface area (Å²) in [7, 11) is 2.17. The lowest BCUT2D eigenvalue weighted by Crippen LogP contribution is -2.39. The van der Waals surface area contributed by atoms with E-state index in [-0.39, 0.29) is 17.0 Å². The molecule has 0 atom stereocenters. The van der Waals surface area contributed by atoms with Crippen LogP contribution in [0, 0.1) is 11.3 Å². The number of likely N-dealkylation sites (tertiary alicyclic amines) is 1. The van der Waals surface area contributed by atoms with E-state index in [0.717, 1.165) is 81.5 Å². The Morgan fingerprint density at radius 3 is 2.35 bits per heavy atom. The molecule has 4 rings (SSSR count). The number of allylic oxidation sites excluding steroid dienone is 1. The number of alkyl halides is 3. The quantitative estimate of drug-likeness (QED) is 0.116. The lowest BCUT2D eigenvalue weighted by atomic mass is 9.98. The first kappa shape index (κ1) is 40.4. The Morgan fingerprint density at radius 2 is 1.76 bits per heavy atom. The molecule has 1 aliphatic carbocycles. The number of hydrogen-bond donors (Lipinski definition) is 2. The van der Waals surface area contributed by atoms with Crippen molar-refractivity contribution in [1.29, 1.82) is 0 Å². The van der Waals surface area contributed by atoms with E-state index in [1.165, 1.54) is 44.5 Å². The van der Waals surface area contributed by atoms with E-state index in [9.17, 15) is 18.0 Å². The molecule has 1 aromatic carbocycles. The fraction of sp³-hybridized carbons (Fsp3) is 0.692. The minimum Gasteiger partial charge on any atom is -0.384 e. The highest BCUT2D eigenvalue weighted by Crippen LogP contribution is 2.46. The molecule has 2 aliphatic heterocycles. The van der Waals surface area contributed by atoms with Gasteiger partial charge in [0.05, 0.1) is 5.57 Å². The van der Waals surface area contributed by atoms with Crippen molar-refractivity contribution in [2.75, 3.05) is 63.1 Å². The maximum Gasteiger partial charge on any atom is 0.419 e. The predicted molar refractivity (Wildman–Crippen MR) is 199 cm³/mol. The van der Waals surface area contributed by atoms with E-state index in [1.54, 1.807) is 6.92 Å². The van der Waals surface area contributed by atoms with Crippen molar-refractivity contribution in [2.45, 2.75) is 111 Å². The van der Waals surface area contributed by atoms with Crippen molar-refractivity contribution in [3.05, 3.63) is 47.8 Å². The van der Waals surface area contributed by atoms with E-state index in [2.05, 4.69) is 78.9 Å². The fourth-order valence-electron chi connectivity index (χ4n) is 6.61. The van der Waals surface area contributed by atoms with Gasteiger partial charge in [-0.1, -0.05) is 40.7 Å². The third-order valence-corrected chi connectivity index (χ3v) is 9.99. The largest absolute Gasteiger partial charge is 0.419 e. The van der Waals surface area contributed by atoms with Gasteiger partial charge in [0.15, 0.2) is 0 Å². The van der Waals surface area contributed by atoms with Gasteiger partial charge >= 0.3 is 6.18 Å². The second-order valence-corrected chi connectivity index (χ2v) is 14.5. The molecule has 1 aromatic rings. The molecule has 1 saturated carbocycles. The molecule has 7 nitrogen and oxygen atoms in total. The molecule has 0 spiro atoms. The summed E-state index contributed by atoms with van der Waals surface area (Å²) in [5, 5.41) is 6.13. The third kappa shape index (κ3) is 13.3. The number of anilines is 2. The number of hydrogen-bond acceptors (Lipinski definition) is 5. The van der Waals surface area contributed by atoms with Crippen LogP contribution in [0.25, 0.3) is 0 Å². The molecule has 1 amide bonds. The zero-order valence-corrected chi connectivity index (χ0v) is 31.2. The van der Waals surface area contributed by atoms with Gasteiger partial charge in [-0.25, -0.2) is 4.99 Å². The van der Waals surface area contributed by atoms with Gasteiger partial charge in [-0.2, -0.15) is 13.2 Å². The number of carbonyl (C=O) groups is 1. The van der Waals surface area contributed by atoms with Crippen LogP contribution in [0.3, 0.4) is 0 Å². The average Bonchev–Trinajstić information content (AvgIpc) is 3.86. The molecular formula is C39H63F3N6O. The van der Waals surface area contributed by atoms with Crippen LogP contribution in [-0.4, -0.2) is 80.6 Å². The smallest absolute Gasteiger partial charge is 0.384 e. The molecule has 3 aliphatic rings. The number of piperidine rings is 1.